The van der Waals surface area contributed by atoms with Crippen LogP contribution in [-0.2, 0) is 7.05 Å². The minimum absolute atomic E-state index is 0.00334. The monoisotopic (exact) mass is 247 g/mol. The van der Waals surface area contributed by atoms with Crippen LogP contribution in [0.25, 0.3) is 10.8 Å². The SMILES string of the molecule is CN=C(N=N)Nc1ccc2c(O)n(C)c(O)c2c1. The van der Waals surface area contributed by atoms with Gasteiger partial charge in [0, 0.05) is 30.6 Å². The first kappa shape index (κ1) is 11.9. The lowest BCUT2D eigenvalue weighted by Gasteiger charge is -2.03. The Morgan fingerprint density at radius 3 is 2.56 bits per heavy atom. The second kappa shape index (κ2) is 4.36. The fourth-order valence-electron chi connectivity index (χ4n) is 1.73. The predicted octanol–water partition coefficient (Wildman–Crippen LogP) is 2.02. The number of aliphatic imine (C=N–C) groups is 1. The standard InChI is InChI=1S/C11H13N5O2/c1-13-11(15-12)14-6-3-4-7-8(5-6)10(18)16(2)9(7)17/h3-5,12,17-18H,1-2H3,(H,13,14). The van der Waals surface area contributed by atoms with Crippen molar-refractivity contribution in [1.82, 2.24) is 4.57 Å². The quantitative estimate of drug-likeness (QED) is 0.352. The van der Waals surface area contributed by atoms with Gasteiger partial charge < -0.3 is 15.5 Å². The summed E-state index contributed by atoms with van der Waals surface area (Å²) in [7, 11) is 3.08. The summed E-state index contributed by atoms with van der Waals surface area (Å²) in [5, 5.41) is 26.7. The van der Waals surface area contributed by atoms with Crippen molar-refractivity contribution in [3.63, 3.8) is 0 Å². The Hall–Kier alpha value is -2.57. The summed E-state index contributed by atoms with van der Waals surface area (Å²) in [6.07, 6.45) is 0. The molecule has 2 aromatic rings. The van der Waals surface area contributed by atoms with E-state index in [1.165, 1.54) is 11.6 Å². The normalized spacial score (nSPS) is 11.8. The summed E-state index contributed by atoms with van der Waals surface area (Å²) < 4.78 is 1.29. The Balaban J connectivity index is 2.51. The minimum Gasteiger partial charge on any atom is -0.494 e. The van der Waals surface area contributed by atoms with E-state index in [1.54, 1.807) is 25.2 Å². The number of nitrogens with zero attached hydrogens (tertiary/aromatic N) is 3. The van der Waals surface area contributed by atoms with Crippen molar-refractivity contribution in [2.24, 2.45) is 17.2 Å². The molecular weight excluding hydrogens is 234 g/mol. The zero-order valence-corrected chi connectivity index (χ0v) is 9.97. The highest BCUT2D eigenvalue weighted by Gasteiger charge is 2.13. The van der Waals surface area contributed by atoms with Gasteiger partial charge in [-0.05, 0) is 18.2 Å². The van der Waals surface area contributed by atoms with Crippen LogP contribution in [0.15, 0.2) is 28.3 Å². The third-order valence-corrected chi connectivity index (χ3v) is 2.71. The lowest BCUT2D eigenvalue weighted by Crippen LogP contribution is -2.07. The van der Waals surface area contributed by atoms with E-state index in [1.807, 2.05) is 0 Å². The van der Waals surface area contributed by atoms with Crippen LogP contribution in [0, 0.1) is 5.53 Å². The molecule has 2 rings (SSSR count). The van der Waals surface area contributed by atoms with E-state index < -0.39 is 0 Å². The summed E-state index contributed by atoms with van der Waals surface area (Å²) in [6.45, 7) is 0. The van der Waals surface area contributed by atoms with Crippen molar-refractivity contribution in [1.29, 1.82) is 5.53 Å². The van der Waals surface area contributed by atoms with Crippen LogP contribution >= 0.6 is 0 Å². The zero-order valence-electron chi connectivity index (χ0n) is 9.97. The van der Waals surface area contributed by atoms with Crippen LogP contribution in [0.5, 0.6) is 11.8 Å². The average molecular weight is 247 g/mol. The van der Waals surface area contributed by atoms with Crippen LogP contribution in [-0.4, -0.2) is 27.8 Å². The third kappa shape index (κ3) is 1.75. The Morgan fingerprint density at radius 2 is 1.94 bits per heavy atom. The number of nitrogens with one attached hydrogen (secondary N) is 2. The highest BCUT2D eigenvalue weighted by molar-refractivity contribution is 5.99. The van der Waals surface area contributed by atoms with Gasteiger partial charge in [0.05, 0.1) is 0 Å². The topological polar surface area (TPSA) is 106 Å². The van der Waals surface area contributed by atoms with Gasteiger partial charge in [-0.2, -0.15) is 0 Å². The molecule has 0 spiro atoms. The molecule has 94 valence electrons. The van der Waals surface area contributed by atoms with Crippen LogP contribution < -0.4 is 5.32 Å². The number of hydrogen-bond donors (Lipinski definition) is 4. The zero-order chi connectivity index (χ0) is 13.3. The summed E-state index contributed by atoms with van der Waals surface area (Å²) in [5.74, 6) is 0.140. The fraction of sp³-hybridized carbons (Fsp3) is 0.182. The number of aromatic nitrogens is 1. The van der Waals surface area contributed by atoms with Crippen molar-refractivity contribution in [2.75, 3.05) is 12.4 Å². The molecule has 0 saturated carbocycles. The number of benzene rings is 1. The number of rotatable bonds is 1. The van der Waals surface area contributed by atoms with E-state index in [9.17, 15) is 10.2 Å². The molecule has 1 heterocycles. The largest absolute Gasteiger partial charge is 0.494 e. The van der Waals surface area contributed by atoms with E-state index in [4.69, 9.17) is 5.53 Å². The van der Waals surface area contributed by atoms with E-state index in [0.717, 1.165) is 0 Å². The molecular formula is C11H13N5O2. The molecule has 0 amide bonds. The van der Waals surface area contributed by atoms with Gasteiger partial charge in [0.15, 0.2) is 0 Å². The molecule has 1 aromatic heterocycles. The number of guanidine groups is 1. The molecule has 4 N–H and O–H groups in total. The van der Waals surface area contributed by atoms with E-state index in [-0.39, 0.29) is 17.7 Å². The maximum Gasteiger partial charge on any atom is 0.241 e. The molecule has 7 nitrogen and oxygen atoms in total. The van der Waals surface area contributed by atoms with E-state index in [0.29, 0.717) is 16.5 Å². The molecule has 18 heavy (non-hydrogen) atoms. The molecule has 0 saturated heterocycles. The Labute approximate surface area is 103 Å². The van der Waals surface area contributed by atoms with Crippen molar-refractivity contribution in [3.05, 3.63) is 18.2 Å². The minimum atomic E-state index is -0.0241. The maximum atomic E-state index is 9.84. The summed E-state index contributed by atoms with van der Waals surface area (Å²) in [6, 6.07) is 5.03. The highest BCUT2D eigenvalue weighted by Crippen LogP contribution is 2.36. The van der Waals surface area contributed by atoms with Crippen LogP contribution in [0.1, 0.15) is 0 Å². The van der Waals surface area contributed by atoms with Crippen molar-refractivity contribution in [2.45, 2.75) is 0 Å². The lowest BCUT2D eigenvalue weighted by molar-refractivity contribution is 0.391. The third-order valence-electron chi connectivity index (χ3n) is 2.71. The predicted molar refractivity (Wildman–Crippen MR) is 68.4 cm³/mol. The summed E-state index contributed by atoms with van der Waals surface area (Å²) in [4.78, 5) is 3.76. The van der Waals surface area contributed by atoms with Gasteiger partial charge in [0.1, 0.15) is 0 Å². The average Bonchev–Trinajstić information content (AvgIpc) is 2.61. The maximum absolute atomic E-state index is 9.84. The molecule has 0 atom stereocenters. The van der Waals surface area contributed by atoms with Gasteiger partial charge in [0.25, 0.3) is 0 Å². The Kier molecular flexibility index (Phi) is 2.88. The lowest BCUT2D eigenvalue weighted by atomic mass is 10.2. The van der Waals surface area contributed by atoms with Crippen molar-refractivity contribution in [3.8, 4) is 11.8 Å². The van der Waals surface area contributed by atoms with Gasteiger partial charge in [-0.15, -0.1) is 5.11 Å². The van der Waals surface area contributed by atoms with Crippen LogP contribution in [0.4, 0.5) is 5.69 Å². The first-order valence-electron chi connectivity index (χ1n) is 5.20. The molecule has 7 heteroatoms. The second-order valence-electron chi connectivity index (χ2n) is 3.75. The molecule has 0 bridgehead atoms. The molecule has 0 aliphatic rings. The number of anilines is 1. The van der Waals surface area contributed by atoms with Crippen LogP contribution in [0.2, 0.25) is 0 Å². The number of fused-ring (bicyclic) bond motifs is 1. The first-order valence-corrected chi connectivity index (χ1v) is 5.20. The van der Waals surface area contributed by atoms with Gasteiger partial charge in [-0.3, -0.25) is 9.56 Å². The fourth-order valence-corrected chi connectivity index (χ4v) is 1.73. The van der Waals surface area contributed by atoms with Crippen molar-refractivity contribution < 1.29 is 10.2 Å². The van der Waals surface area contributed by atoms with E-state index >= 15 is 0 Å². The molecule has 1 aromatic carbocycles. The molecule has 0 aliphatic heterocycles. The van der Waals surface area contributed by atoms with Crippen LogP contribution in [0.3, 0.4) is 0 Å². The molecule has 0 fully saturated rings. The van der Waals surface area contributed by atoms with Gasteiger partial charge in [-0.1, -0.05) is 0 Å². The molecule has 0 aliphatic carbocycles. The second-order valence-corrected chi connectivity index (χ2v) is 3.75. The molecule has 0 radical (unpaired) electrons. The summed E-state index contributed by atoms with van der Waals surface area (Å²) in [5.41, 5.74) is 7.52. The first-order chi connectivity index (χ1) is 8.58. The van der Waals surface area contributed by atoms with Crippen molar-refractivity contribution >= 4 is 22.4 Å². The van der Waals surface area contributed by atoms with Gasteiger partial charge in [-0.25, -0.2) is 5.53 Å². The van der Waals surface area contributed by atoms with Gasteiger partial charge in [0.2, 0.25) is 17.7 Å². The van der Waals surface area contributed by atoms with E-state index in [2.05, 4.69) is 15.4 Å². The highest BCUT2D eigenvalue weighted by atomic mass is 16.3. The smallest absolute Gasteiger partial charge is 0.241 e. The Morgan fingerprint density at radius 1 is 1.28 bits per heavy atom. The number of aromatic hydroxyl groups is 2. The summed E-state index contributed by atoms with van der Waals surface area (Å²) >= 11 is 0. The number of hydrogen-bond acceptors (Lipinski definition) is 4. The molecule has 0 unspecified atom stereocenters. The van der Waals surface area contributed by atoms with Gasteiger partial charge >= 0.3 is 0 Å². The Bertz CT molecular complexity index is 644.